The van der Waals surface area contributed by atoms with Gasteiger partial charge in [-0.2, -0.15) is 0 Å². The fraction of sp³-hybridized carbons (Fsp3) is 0.579. The van der Waals surface area contributed by atoms with E-state index in [-0.39, 0.29) is 60.5 Å². The van der Waals surface area contributed by atoms with Crippen LogP contribution in [-0.2, 0) is 76.5 Å². The quantitative estimate of drug-likeness (QED) is 0.0895. The summed E-state index contributed by atoms with van der Waals surface area (Å²) < 4.78 is 19.6. The maximum absolute atomic E-state index is 11.3. The van der Waals surface area contributed by atoms with Gasteiger partial charge >= 0.3 is 23.9 Å². The molecule has 8 amide bonds. The van der Waals surface area contributed by atoms with E-state index in [1.165, 1.54) is 6.08 Å². The van der Waals surface area contributed by atoms with Crippen molar-refractivity contribution in [1.29, 1.82) is 0 Å². The van der Waals surface area contributed by atoms with Crippen LogP contribution in [0.25, 0.3) is 0 Å². The summed E-state index contributed by atoms with van der Waals surface area (Å²) in [4.78, 5) is 142. The third-order valence-corrected chi connectivity index (χ3v) is 12.5. The highest BCUT2D eigenvalue weighted by Crippen LogP contribution is 2.16. The van der Waals surface area contributed by atoms with Gasteiger partial charge in [0.05, 0.1) is 13.1 Å². The Labute approximate surface area is 476 Å². The number of ether oxygens (including phenoxy) is 4. The number of carbonyl (C=O) groups excluding carboxylic acids is 12. The lowest BCUT2D eigenvalue weighted by Crippen LogP contribution is -2.37. The molecule has 2 N–H and O–H groups in total. The topological polar surface area (TPSA) is 285 Å². The van der Waals surface area contributed by atoms with Gasteiger partial charge in [0, 0.05) is 133 Å². The number of amides is 8. The first-order valence-electron chi connectivity index (χ1n) is 27.2. The zero-order chi connectivity index (χ0) is 61.0. The van der Waals surface area contributed by atoms with Crippen LogP contribution in [0.4, 0.5) is 0 Å². The zero-order valence-corrected chi connectivity index (χ0v) is 48.2. The van der Waals surface area contributed by atoms with Gasteiger partial charge in [-0.05, 0) is 79.2 Å². The van der Waals surface area contributed by atoms with E-state index in [0.29, 0.717) is 108 Å². The summed E-state index contributed by atoms with van der Waals surface area (Å²) in [6, 6.07) is 0. The van der Waals surface area contributed by atoms with E-state index < -0.39 is 36.3 Å². The molecule has 81 heavy (non-hydrogen) atoms. The van der Waals surface area contributed by atoms with E-state index in [1.807, 2.05) is 0 Å². The molecule has 0 spiro atoms. The number of nitrogens with zero attached hydrogens (tertiary/aromatic N) is 6. The third kappa shape index (κ3) is 29.2. The fourth-order valence-corrected chi connectivity index (χ4v) is 8.00. The molecule has 0 radical (unpaired) electrons. The third-order valence-electron chi connectivity index (χ3n) is 12.5. The summed E-state index contributed by atoms with van der Waals surface area (Å²) in [6.45, 7) is 36.9. The molecule has 450 valence electrons. The number of hydrogen-bond donors (Lipinski definition) is 2. The summed E-state index contributed by atoms with van der Waals surface area (Å²) in [5.41, 5.74) is 1.24. The highest BCUT2D eigenvalue weighted by molar-refractivity contribution is 5.92. The van der Waals surface area contributed by atoms with Crippen LogP contribution in [0.1, 0.15) is 112 Å². The molecule has 0 aliphatic carbocycles. The molecule has 6 fully saturated rings. The fourth-order valence-electron chi connectivity index (χ4n) is 8.00. The zero-order valence-electron chi connectivity index (χ0n) is 48.2. The van der Waals surface area contributed by atoms with E-state index in [0.717, 1.165) is 76.9 Å². The molecule has 0 saturated carbocycles. The van der Waals surface area contributed by atoms with Crippen LogP contribution in [0.5, 0.6) is 0 Å². The second-order valence-corrected chi connectivity index (χ2v) is 19.2. The molecule has 0 aromatic rings. The van der Waals surface area contributed by atoms with Crippen LogP contribution in [0, 0.1) is 0 Å². The molecule has 0 aromatic heterocycles. The first kappa shape index (κ1) is 71.1. The van der Waals surface area contributed by atoms with Gasteiger partial charge in [-0.15, -0.1) is 0 Å². The largest absolute Gasteiger partial charge is 0.461 e. The first-order valence-corrected chi connectivity index (χ1v) is 27.2. The molecule has 0 bridgehead atoms. The maximum atomic E-state index is 11.3. The Hall–Kier alpha value is -7.92. The average Bonchev–Trinajstić information content (AvgIpc) is 4.34. The number of carbonyl (C=O) groups is 12. The molecule has 0 aromatic carbocycles. The van der Waals surface area contributed by atoms with E-state index >= 15 is 0 Å². The first-order chi connectivity index (χ1) is 38.4. The Morgan fingerprint density at radius 2 is 0.815 bits per heavy atom. The lowest BCUT2D eigenvalue weighted by Gasteiger charge is -2.23. The predicted octanol–water partition coefficient (Wildman–Crippen LogP) is 3.04. The van der Waals surface area contributed by atoms with Gasteiger partial charge < -0.3 is 59.0 Å². The van der Waals surface area contributed by atoms with Gasteiger partial charge in [-0.1, -0.05) is 39.5 Å². The molecule has 2 atom stereocenters. The summed E-state index contributed by atoms with van der Waals surface area (Å²) in [5, 5.41) is 5.33. The van der Waals surface area contributed by atoms with Gasteiger partial charge in [0.2, 0.25) is 47.3 Å². The Kier molecular flexibility index (Phi) is 34.6. The van der Waals surface area contributed by atoms with Gasteiger partial charge in [-0.3, -0.25) is 38.4 Å². The van der Waals surface area contributed by atoms with Gasteiger partial charge in [0.15, 0.2) is 12.5 Å². The summed E-state index contributed by atoms with van der Waals surface area (Å²) in [7, 11) is 0. The minimum Gasteiger partial charge on any atom is -0.461 e. The molecule has 2 unspecified atom stereocenters. The monoisotopic (exact) mass is 1140 g/mol. The molecule has 24 nitrogen and oxygen atoms in total. The second kappa shape index (κ2) is 39.4. The van der Waals surface area contributed by atoms with Crippen LogP contribution in [0.15, 0.2) is 74.4 Å². The van der Waals surface area contributed by atoms with E-state index in [9.17, 15) is 57.5 Å². The Balaban J connectivity index is 0.000000486. The van der Waals surface area contributed by atoms with Crippen molar-refractivity contribution in [3.63, 3.8) is 0 Å². The Bertz CT molecular complexity index is 2180. The van der Waals surface area contributed by atoms with Gasteiger partial charge in [0.25, 0.3) is 0 Å². The van der Waals surface area contributed by atoms with E-state index in [4.69, 9.17) is 18.9 Å². The maximum Gasteiger partial charge on any atom is 0.335 e. The van der Waals surface area contributed by atoms with Crippen molar-refractivity contribution in [3.8, 4) is 0 Å². The van der Waals surface area contributed by atoms with Crippen LogP contribution in [0.3, 0.4) is 0 Å². The number of rotatable bonds is 22. The number of esters is 4. The van der Waals surface area contributed by atoms with Crippen LogP contribution in [-0.4, -0.2) is 205 Å². The van der Waals surface area contributed by atoms with Crippen LogP contribution < -0.4 is 10.6 Å². The molecule has 6 saturated heterocycles. The Morgan fingerprint density at radius 1 is 0.457 bits per heavy atom. The van der Waals surface area contributed by atoms with Crippen molar-refractivity contribution in [2.45, 2.75) is 124 Å². The summed E-state index contributed by atoms with van der Waals surface area (Å²) in [6.07, 6.45) is 11.5. The molecular formula is C57H86N8O16. The molecule has 6 aliphatic rings. The molecule has 6 heterocycles. The van der Waals surface area contributed by atoms with Gasteiger partial charge in [0.1, 0.15) is 13.2 Å². The predicted molar refractivity (Wildman–Crippen MR) is 299 cm³/mol. The van der Waals surface area contributed by atoms with Crippen LogP contribution in [0.2, 0.25) is 0 Å². The van der Waals surface area contributed by atoms with Crippen molar-refractivity contribution in [2.75, 3.05) is 91.8 Å². The van der Waals surface area contributed by atoms with Gasteiger partial charge in [-0.25, -0.2) is 19.2 Å². The number of likely N-dealkylation sites (tertiary alicyclic amines) is 6. The number of nitrogens with one attached hydrogen (secondary N) is 2. The lowest BCUT2D eigenvalue weighted by atomic mass is 10.3. The normalized spacial score (nSPS) is 16.7. The van der Waals surface area contributed by atoms with Crippen molar-refractivity contribution in [2.24, 2.45) is 0 Å². The molecular weight excluding hydrogens is 1050 g/mol. The average molecular weight is 1140 g/mol. The minimum absolute atomic E-state index is 0.0457. The number of hydrogen-bond acceptors (Lipinski definition) is 16. The summed E-state index contributed by atoms with van der Waals surface area (Å²) >= 11 is 0. The van der Waals surface area contributed by atoms with Crippen molar-refractivity contribution >= 4 is 71.1 Å². The van der Waals surface area contributed by atoms with Crippen molar-refractivity contribution < 1.29 is 76.5 Å². The lowest BCUT2D eigenvalue weighted by molar-refractivity contribution is -0.158. The highest BCUT2D eigenvalue weighted by Gasteiger charge is 2.29. The molecule has 6 rings (SSSR count). The van der Waals surface area contributed by atoms with Crippen molar-refractivity contribution in [1.82, 2.24) is 40.0 Å². The van der Waals surface area contributed by atoms with E-state index in [2.05, 4.69) is 50.1 Å². The van der Waals surface area contributed by atoms with Crippen LogP contribution >= 0.6 is 0 Å². The molecule has 6 aliphatic heterocycles. The smallest absolute Gasteiger partial charge is 0.335 e. The Morgan fingerprint density at radius 3 is 1.15 bits per heavy atom. The summed E-state index contributed by atoms with van der Waals surface area (Å²) in [5.74, 6) is -1.33. The van der Waals surface area contributed by atoms with Crippen molar-refractivity contribution in [3.05, 3.63) is 74.4 Å². The molecule has 24 heteroatoms. The second-order valence-electron chi connectivity index (χ2n) is 19.2. The standard InChI is InChI=1S/C10H16N2O2.2C10H15NO3.C9H14N2O2.2C9H13NO3/c1-8(2)10(14)11-5-7-12-6-3-4-9(12)13;1-7(2)10(13)14-8(3)11-6-4-5-9(11)12;1-8(2)10(13)14-7-6-11-5-3-4-9(11)12;1-2-8(12)10-5-7-11-6-3-4-9(11)13;1-3-9(12)13-7(2)10-6-4-5-8(10)11;1-2-9(12)13-7-6-10-5-3-4-8(10)11/h1,3-7H2,2H3,(H,11,14);8H,1,4-6H2,2-3H3;1,3-7H2,2H3;2H,1,3-7H2,(H,10,12);3,7H,1,4-6H2,2H3;2H,1,3-7H2. The minimum atomic E-state index is -0.493. The highest BCUT2D eigenvalue weighted by atomic mass is 16.6. The SMILES string of the molecule is C=C(C)C(=O)NCCN1CCCC1=O.C=C(C)C(=O)OC(C)N1CCCC1=O.C=C(C)C(=O)OCCN1CCCC1=O.C=CC(=O)NCCN1CCCC1=O.C=CC(=O)OC(C)N1CCCC1=O.C=CC(=O)OCCN1CCCC1=O. The van der Waals surface area contributed by atoms with E-state index in [1.54, 1.807) is 64.0 Å².